The van der Waals surface area contributed by atoms with Gasteiger partial charge in [-0.05, 0) is 42.3 Å². The first-order valence-electron chi connectivity index (χ1n) is 6.69. The highest BCUT2D eigenvalue weighted by molar-refractivity contribution is 5.94. The van der Waals surface area contributed by atoms with Crippen LogP contribution in [0, 0.1) is 0 Å². The van der Waals surface area contributed by atoms with E-state index in [1.807, 2.05) is 49.4 Å². The third-order valence-corrected chi connectivity index (χ3v) is 3.06. The Kier molecular flexibility index (Phi) is 5.10. The third-order valence-electron chi connectivity index (χ3n) is 3.06. The quantitative estimate of drug-likeness (QED) is 0.858. The van der Waals surface area contributed by atoms with E-state index in [-0.39, 0.29) is 5.91 Å². The van der Waals surface area contributed by atoms with E-state index in [9.17, 15) is 4.79 Å². The number of carbonyl (C=O) groups excluding carboxylic acids is 1. The van der Waals surface area contributed by atoms with Crippen LogP contribution in [0.5, 0.6) is 5.75 Å². The zero-order valence-corrected chi connectivity index (χ0v) is 12.2. The maximum Gasteiger partial charge on any atom is 0.244 e. The first-order chi connectivity index (χ1) is 10.2. The van der Waals surface area contributed by atoms with Crippen molar-refractivity contribution in [2.24, 2.45) is 0 Å². The summed E-state index contributed by atoms with van der Waals surface area (Å²) in [6.45, 7) is 2.33. The molecule has 1 N–H and O–H groups in total. The lowest BCUT2D eigenvalue weighted by molar-refractivity contribution is -0.116. The molecule has 0 aliphatic carbocycles. The highest BCUT2D eigenvalue weighted by Crippen LogP contribution is 2.17. The minimum absolute atomic E-state index is 0.131. The fourth-order valence-electron chi connectivity index (χ4n) is 1.87. The summed E-state index contributed by atoms with van der Waals surface area (Å²) < 4.78 is 5.11. The molecular weight excluding hydrogens is 264 g/mol. The molecule has 4 nitrogen and oxygen atoms in total. The van der Waals surface area contributed by atoms with E-state index in [0.29, 0.717) is 6.54 Å². The maximum atomic E-state index is 11.9. The standard InChI is InChI=1S/C17H18N2O2/c1-13(14-6-8-16(21-2)9-7-14)11-17(20)19-12-15-5-3-4-10-18-15/h3-11H,12H2,1-2H3,(H,19,20)/b13-11+. The van der Waals surface area contributed by atoms with Crippen LogP contribution in [0.2, 0.25) is 0 Å². The number of aromatic nitrogens is 1. The highest BCUT2D eigenvalue weighted by atomic mass is 16.5. The van der Waals surface area contributed by atoms with Crippen molar-refractivity contribution in [2.75, 3.05) is 7.11 Å². The normalized spacial score (nSPS) is 11.0. The van der Waals surface area contributed by atoms with Gasteiger partial charge < -0.3 is 10.1 Å². The molecule has 1 amide bonds. The largest absolute Gasteiger partial charge is 0.497 e. The predicted octanol–water partition coefficient (Wildman–Crippen LogP) is 2.81. The molecule has 0 radical (unpaired) electrons. The molecule has 0 saturated heterocycles. The minimum Gasteiger partial charge on any atom is -0.497 e. The molecule has 1 heterocycles. The van der Waals surface area contributed by atoms with Crippen LogP contribution in [0.4, 0.5) is 0 Å². The summed E-state index contributed by atoms with van der Waals surface area (Å²) >= 11 is 0. The number of nitrogens with one attached hydrogen (secondary N) is 1. The van der Waals surface area contributed by atoms with Gasteiger partial charge >= 0.3 is 0 Å². The van der Waals surface area contributed by atoms with Crippen LogP contribution in [0.3, 0.4) is 0 Å². The van der Waals surface area contributed by atoms with Crippen LogP contribution in [0.1, 0.15) is 18.2 Å². The number of nitrogens with zero attached hydrogens (tertiary/aromatic N) is 1. The average Bonchev–Trinajstić information content (AvgIpc) is 2.54. The summed E-state index contributed by atoms with van der Waals surface area (Å²) in [6.07, 6.45) is 3.30. The smallest absolute Gasteiger partial charge is 0.244 e. The van der Waals surface area contributed by atoms with E-state index in [2.05, 4.69) is 10.3 Å². The maximum absolute atomic E-state index is 11.9. The van der Waals surface area contributed by atoms with Gasteiger partial charge in [0.2, 0.25) is 5.91 Å². The summed E-state index contributed by atoms with van der Waals surface area (Å²) in [5.74, 6) is 0.667. The zero-order valence-electron chi connectivity index (χ0n) is 12.2. The van der Waals surface area contributed by atoms with Gasteiger partial charge in [0.25, 0.3) is 0 Å². The monoisotopic (exact) mass is 282 g/mol. The molecule has 0 aliphatic heterocycles. The van der Waals surface area contributed by atoms with Gasteiger partial charge in [-0.15, -0.1) is 0 Å². The second-order valence-corrected chi connectivity index (χ2v) is 4.59. The van der Waals surface area contributed by atoms with Gasteiger partial charge in [0.15, 0.2) is 0 Å². The fraction of sp³-hybridized carbons (Fsp3) is 0.176. The van der Waals surface area contributed by atoms with Crippen molar-refractivity contribution in [1.82, 2.24) is 10.3 Å². The van der Waals surface area contributed by atoms with Gasteiger partial charge in [0.1, 0.15) is 5.75 Å². The van der Waals surface area contributed by atoms with Crippen LogP contribution in [-0.4, -0.2) is 18.0 Å². The molecule has 1 aromatic carbocycles. The van der Waals surface area contributed by atoms with Gasteiger partial charge in [0.05, 0.1) is 19.3 Å². The highest BCUT2D eigenvalue weighted by Gasteiger charge is 2.02. The minimum atomic E-state index is -0.131. The van der Waals surface area contributed by atoms with Crippen molar-refractivity contribution in [3.05, 3.63) is 66.0 Å². The molecule has 2 aromatic rings. The molecule has 4 heteroatoms. The Balaban J connectivity index is 1.95. The number of carbonyl (C=O) groups is 1. The third kappa shape index (κ3) is 4.45. The molecule has 0 atom stereocenters. The molecule has 0 bridgehead atoms. The molecule has 1 aromatic heterocycles. The number of benzene rings is 1. The Morgan fingerprint density at radius 1 is 1.24 bits per heavy atom. The number of amides is 1. The molecule has 0 aliphatic rings. The van der Waals surface area contributed by atoms with E-state index in [1.54, 1.807) is 19.4 Å². The van der Waals surface area contributed by atoms with Gasteiger partial charge in [-0.2, -0.15) is 0 Å². The Bertz CT molecular complexity index is 619. The van der Waals surface area contributed by atoms with E-state index >= 15 is 0 Å². The van der Waals surface area contributed by atoms with Crippen molar-refractivity contribution in [1.29, 1.82) is 0 Å². The van der Waals surface area contributed by atoms with Crippen LogP contribution in [-0.2, 0) is 11.3 Å². The van der Waals surface area contributed by atoms with E-state index in [1.165, 1.54) is 0 Å². The van der Waals surface area contributed by atoms with Crippen LogP contribution < -0.4 is 10.1 Å². The molecule has 0 saturated carbocycles. The lowest BCUT2D eigenvalue weighted by Crippen LogP contribution is -2.21. The van der Waals surface area contributed by atoms with Crippen molar-refractivity contribution in [3.8, 4) is 5.75 Å². The summed E-state index contributed by atoms with van der Waals surface area (Å²) in [5, 5.41) is 2.82. The number of hydrogen-bond donors (Lipinski definition) is 1. The topological polar surface area (TPSA) is 51.2 Å². The number of pyridine rings is 1. The van der Waals surface area contributed by atoms with Crippen molar-refractivity contribution < 1.29 is 9.53 Å². The van der Waals surface area contributed by atoms with Crippen LogP contribution in [0.15, 0.2) is 54.7 Å². The van der Waals surface area contributed by atoms with Gasteiger partial charge in [-0.25, -0.2) is 0 Å². The van der Waals surface area contributed by atoms with E-state index in [0.717, 1.165) is 22.6 Å². The predicted molar refractivity (Wildman–Crippen MR) is 82.7 cm³/mol. The van der Waals surface area contributed by atoms with Crippen molar-refractivity contribution in [2.45, 2.75) is 13.5 Å². The first kappa shape index (κ1) is 14.8. The second kappa shape index (κ2) is 7.24. The molecule has 21 heavy (non-hydrogen) atoms. The van der Waals surface area contributed by atoms with Gasteiger partial charge in [0, 0.05) is 12.3 Å². The van der Waals surface area contributed by atoms with E-state index in [4.69, 9.17) is 4.74 Å². The number of hydrogen-bond acceptors (Lipinski definition) is 3. The molecule has 0 fully saturated rings. The Morgan fingerprint density at radius 3 is 2.62 bits per heavy atom. The zero-order chi connectivity index (χ0) is 15.1. The molecule has 108 valence electrons. The lowest BCUT2D eigenvalue weighted by atomic mass is 10.1. The number of methoxy groups -OCH3 is 1. The van der Waals surface area contributed by atoms with Crippen LogP contribution >= 0.6 is 0 Å². The Morgan fingerprint density at radius 2 is 2.00 bits per heavy atom. The van der Waals surface area contributed by atoms with Crippen LogP contribution in [0.25, 0.3) is 5.57 Å². The fourth-order valence-corrected chi connectivity index (χ4v) is 1.87. The number of rotatable bonds is 5. The average molecular weight is 282 g/mol. The Hall–Kier alpha value is -2.62. The van der Waals surface area contributed by atoms with Gasteiger partial charge in [-0.3, -0.25) is 9.78 Å². The number of ether oxygens (including phenoxy) is 1. The van der Waals surface area contributed by atoms with E-state index < -0.39 is 0 Å². The van der Waals surface area contributed by atoms with Crippen molar-refractivity contribution in [3.63, 3.8) is 0 Å². The first-order valence-corrected chi connectivity index (χ1v) is 6.69. The molecule has 0 unspecified atom stereocenters. The molecular formula is C17H18N2O2. The second-order valence-electron chi connectivity index (χ2n) is 4.59. The summed E-state index contributed by atoms with van der Waals surface area (Å²) in [6, 6.07) is 13.2. The van der Waals surface area contributed by atoms with Crippen molar-refractivity contribution >= 4 is 11.5 Å². The summed E-state index contributed by atoms with van der Waals surface area (Å²) in [5.41, 5.74) is 2.72. The summed E-state index contributed by atoms with van der Waals surface area (Å²) in [4.78, 5) is 16.0. The molecule has 2 rings (SSSR count). The Labute approximate surface area is 124 Å². The van der Waals surface area contributed by atoms with Gasteiger partial charge in [-0.1, -0.05) is 18.2 Å². The molecule has 0 spiro atoms. The lowest BCUT2D eigenvalue weighted by Gasteiger charge is -2.05. The summed E-state index contributed by atoms with van der Waals surface area (Å²) in [7, 11) is 1.63. The number of allylic oxidation sites excluding steroid dienone is 1. The SMILES string of the molecule is COc1ccc(/C(C)=C/C(=O)NCc2ccccn2)cc1.